The lowest BCUT2D eigenvalue weighted by molar-refractivity contribution is 0.146. The van der Waals surface area contributed by atoms with E-state index in [-0.39, 0.29) is 5.82 Å². The SMILES string of the molecule is Fc1ccccc1CNCCCOCCCl. The number of ether oxygens (including phenoxy) is 1. The van der Waals surface area contributed by atoms with Crippen molar-refractivity contribution >= 4 is 11.6 Å². The fraction of sp³-hybridized carbons (Fsp3) is 0.500. The molecule has 90 valence electrons. The molecule has 0 fully saturated rings. The molecule has 0 radical (unpaired) electrons. The number of nitrogens with one attached hydrogen (secondary N) is 1. The third-order valence-electron chi connectivity index (χ3n) is 2.14. The van der Waals surface area contributed by atoms with E-state index in [1.54, 1.807) is 12.1 Å². The second-order valence-electron chi connectivity index (χ2n) is 3.42. The summed E-state index contributed by atoms with van der Waals surface area (Å²) in [5, 5.41) is 3.17. The molecule has 0 aromatic heterocycles. The van der Waals surface area contributed by atoms with Gasteiger partial charge in [-0.05, 0) is 19.0 Å². The van der Waals surface area contributed by atoms with Crippen LogP contribution in [0.5, 0.6) is 0 Å². The number of halogens is 2. The molecule has 0 spiro atoms. The molecule has 0 aliphatic carbocycles. The lowest BCUT2D eigenvalue weighted by Crippen LogP contribution is -2.17. The summed E-state index contributed by atoms with van der Waals surface area (Å²) in [6, 6.07) is 6.79. The van der Waals surface area contributed by atoms with Gasteiger partial charge in [0, 0.05) is 24.6 Å². The summed E-state index contributed by atoms with van der Waals surface area (Å²) in [5.41, 5.74) is 0.698. The molecule has 0 saturated carbocycles. The first-order valence-electron chi connectivity index (χ1n) is 5.42. The number of alkyl halides is 1. The van der Waals surface area contributed by atoms with Crippen LogP contribution < -0.4 is 5.32 Å². The molecule has 4 heteroatoms. The van der Waals surface area contributed by atoms with E-state index in [1.807, 2.05) is 6.07 Å². The van der Waals surface area contributed by atoms with E-state index >= 15 is 0 Å². The van der Waals surface area contributed by atoms with E-state index in [9.17, 15) is 4.39 Å². The molecule has 0 amide bonds. The van der Waals surface area contributed by atoms with Crippen LogP contribution in [0.3, 0.4) is 0 Å². The number of rotatable bonds is 8. The third kappa shape index (κ3) is 5.45. The number of hydrogen-bond acceptors (Lipinski definition) is 2. The summed E-state index contributed by atoms with van der Waals surface area (Å²) >= 11 is 5.46. The first-order chi connectivity index (χ1) is 7.84. The molecule has 0 aliphatic heterocycles. The second kappa shape index (κ2) is 8.50. The Kier molecular flexibility index (Phi) is 7.14. The van der Waals surface area contributed by atoms with Crippen LogP contribution in [0.4, 0.5) is 4.39 Å². The average molecular weight is 246 g/mol. The zero-order chi connectivity index (χ0) is 11.6. The van der Waals surface area contributed by atoms with Crippen LogP contribution >= 0.6 is 11.6 Å². The smallest absolute Gasteiger partial charge is 0.127 e. The number of hydrogen-bond donors (Lipinski definition) is 1. The van der Waals surface area contributed by atoms with E-state index in [4.69, 9.17) is 16.3 Å². The predicted octanol–water partition coefficient (Wildman–Crippen LogP) is 2.56. The highest BCUT2D eigenvalue weighted by atomic mass is 35.5. The van der Waals surface area contributed by atoms with E-state index in [0.717, 1.165) is 13.0 Å². The summed E-state index contributed by atoms with van der Waals surface area (Å²) in [7, 11) is 0. The van der Waals surface area contributed by atoms with Crippen molar-refractivity contribution in [1.82, 2.24) is 5.32 Å². The Hall–Kier alpha value is -0.640. The van der Waals surface area contributed by atoms with Crippen molar-refractivity contribution in [3.63, 3.8) is 0 Å². The molecule has 2 nitrogen and oxygen atoms in total. The van der Waals surface area contributed by atoms with Crippen LogP contribution in [0, 0.1) is 5.82 Å². The third-order valence-corrected chi connectivity index (χ3v) is 2.29. The molecule has 16 heavy (non-hydrogen) atoms. The maximum absolute atomic E-state index is 13.2. The van der Waals surface area contributed by atoms with Crippen LogP contribution in [0.15, 0.2) is 24.3 Å². The number of benzene rings is 1. The highest BCUT2D eigenvalue weighted by Crippen LogP contribution is 2.05. The Morgan fingerprint density at radius 3 is 2.81 bits per heavy atom. The van der Waals surface area contributed by atoms with Gasteiger partial charge < -0.3 is 10.1 Å². The largest absolute Gasteiger partial charge is 0.380 e. The van der Waals surface area contributed by atoms with Crippen LogP contribution in [0.2, 0.25) is 0 Å². The second-order valence-corrected chi connectivity index (χ2v) is 3.80. The molecule has 0 bridgehead atoms. The van der Waals surface area contributed by atoms with Gasteiger partial charge in [-0.3, -0.25) is 0 Å². The summed E-state index contributed by atoms with van der Waals surface area (Å²) in [4.78, 5) is 0. The molecule has 1 N–H and O–H groups in total. The maximum Gasteiger partial charge on any atom is 0.127 e. The molecule has 1 aromatic rings. The van der Waals surface area contributed by atoms with Crippen molar-refractivity contribution in [2.45, 2.75) is 13.0 Å². The van der Waals surface area contributed by atoms with Crippen LogP contribution in [-0.2, 0) is 11.3 Å². The summed E-state index contributed by atoms with van der Waals surface area (Å²) < 4.78 is 18.4. The van der Waals surface area contributed by atoms with Crippen LogP contribution in [-0.4, -0.2) is 25.6 Å². The van der Waals surface area contributed by atoms with Crippen molar-refractivity contribution in [3.05, 3.63) is 35.6 Å². The van der Waals surface area contributed by atoms with E-state index in [1.165, 1.54) is 6.07 Å². The minimum atomic E-state index is -0.159. The van der Waals surface area contributed by atoms with Crippen LogP contribution in [0.1, 0.15) is 12.0 Å². The Morgan fingerprint density at radius 2 is 2.06 bits per heavy atom. The zero-order valence-electron chi connectivity index (χ0n) is 9.22. The first kappa shape index (κ1) is 13.4. The predicted molar refractivity (Wildman–Crippen MR) is 64.3 cm³/mol. The fourth-order valence-corrected chi connectivity index (χ4v) is 1.43. The van der Waals surface area contributed by atoms with Gasteiger partial charge in [0.2, 0.25) is 0 Å². The Morgan fingerprint density at radius 1 is 1.25 bits per heavy atom. The van der Waals surface area contributed by atoms with Gasteiger partial charge in [-0.25, -0.2) is 4.39 Å². The van der Waals surface area contributed by atoms with Gasteiger partial charge in [-0.1, -0.05) is 18.2 Å². The zero-order valence-corrected chi connectivity index (χ0v) is 9.97. The summed E-state index contributed by atoms with van der Waals surface area (Å²) in [6.07, 6.45) is 0.908. The van der Waals surface area contributed by atoms with E-state index < -0.39 is 0 Å². The average Bonchev–Trinajstić information content (AvgIpc) is 2.30. The molecule has 0 unspecified atom stereocenters. The van der Waals surface area contributed by atoms with Crippen LogP contribution in [0.25, 0.3) is 0 Å². The summed E-state index contributed by atoms with van der Waals surface area (Å²) in [6.45, 7) is 2.66. The van der Waals surface area contributed by atoms with Gasteiger partial charge in [0.15, 0.2) is 0 Å². The molecule has 0 atom stereocenters. The lowest BCUT2D eigenvalue weighted by Gasteiger charge is -2.06. The van der Waals surface area contributed by atoms with Gasteiger partial charge >= 0.3 is 0 Å². The van der Waals surface area contributed by atoms with Crippen molar-refractivity contribution in [3.8, 4) is 0 Å². The molecular weight excluding hydrogens is 229 g/mol. The minimum absolute atomic E-state index is 0.159. The molecule has 1 aromatic carbocycles. The molecular formula is C12H17ClFNO. The Balaban J connectivity index is 2.05. The minimum Gasteiger partial charge on any atom is -0.380 e. The highest BCUT2D eigenvalue weighted by molar-refractivity contribution is 6.17. The topological polar surface area (TPSA) is 21.3 Å². The molecule has 0 heterocycles. The molecule has 0 saturated heterocycles. The van der Waals surface area contributed by atoms with Gasteiger partial charge in [-0.2, -0.15) is 0 Å². The highest BCUT2D eigenvalue weighted by Gasteiger charge is 1.98. The quantitative estimate of drug-likeness (QED) is 0.562. The van der Waals surface area contributed by atoms with Gasteiger partial charge in [0.1, 0.15) is 5.82 Å². The van der Waals surface area contributed by atoms with Crippen molar-refractivity contribution in [2.75, 3.05) is 25.6 Å². The van der Waals surface area contributed by atoms with Crippen molar-refractivity contribution < 1.29 is 9.13 Å². The standard InChI is InChI=1S/C12H17ClFNO/c13-6-9-16-8-3-7-15-10-11-4-1-2-5-12(11)14/h1-2,4-5,15H,3,6-10H2. The fourth-order valence-electron chi connectivity index (χ4n) is 1.32. The van der Waals surface area contributed by atoms with Crippen molar-refractivity contribution in [2.24, 2.45) is 0 Å². The van der Waals surface area contributed by atoms with Crippen molar-refractivity contribution in [1.29, 1.82) is 0 Å². The van der Waals surface area contributed by atoms with E-state index in [0.29, 0.717) is 31.2 Å². The maximum atomic E-state index is 13.2. The van der Waals surface area contributed by atoms with Gasteiger partial charge in [0.05, 0.1) is 6.61 Å². The van der Waals surface area contributed by atoms with Gasteiger partial charge in [-0.15, -0.1) is 11.6 Å². The summed E-state index contributed by atoms with van der Waals surface area (Å²) in [5.74, 6) is 0.372. The Bertz CT molecular complexity index is 296. The first-order valence-corrected chi connectivity index (χ1v) is 5.96. The molecule has 0 aliphatic rings. The monoisotopic (exact) mass is 245 g/mol. The van der Waals surface area contributed by atoms with Gasteiger partial charge in [0.25, 0.3) is 0 Å². The lowest BCUT2D eigenvalue weighted by atomic mass is 10.2. The Labute approximate surface area is 101 Å². The molecule has 1 rings (SSSR count). The normalized spacial score (nSPS) is 10.6. The van der Waals surface area contributed by atoms with E-state index in [2.05, 4.69) is 5.32 Å².